The fourth-order valence-electron chi connectivity index (χ4n) is 3.12. The van der Waals surface area contributed by atoms with E-state index in [0.29, 0.717) is 11.3 Å². The van der Waals surface area contributed by atoms with Gasteiger partial charge in [0.05, 0.1) is 24.4 Å². The number of benzene rings is 2. The predicted octanol–water partition coefficient (Wildman–Crippen LogP) is 3.37. The highest BCUT2D eigenvalue weighted by Crippen LogP contribution is 2.38. The van der Waals surface area contributed by atoms with Crippen molar-refractivity contribution in [3.63, 3.8) is 0 Å². The van der Waals surface area contributed by atoms with Crippen molar-refractivity contribution in [1.29, 1.82) is 0 Å². The summed E-state index contributed by atoms with van der Waals surface area (Å²) >= 11 is 0. The summed E-state index contributed by atoms with van der Waals surface area (Å²) < 4.78 is 5.11. The molecule has 2 heterocycles. The smallest absolute Gasteiger partial charge is 0.260 e. The summed E-state index contributed by atoms with van der Waals surface area (Å²) in [6, 6.07) is 12.9. The summed E-state index contributed by atoms with van der Waals surface area (Å²) in [5.74, 6) is 0.0997. The van der Waals surface area contributed by atoms with Crippen molar-refractivity contribution in [3.05, 3.63) is 59.8 Å². The minimum atomic E-state index is -0.142. The number of amides is 1. The number of carbonyl (C=O) groups is 1. The highest BCUT2D eigenvalue weighted by Gasteiger charge is 2.33. The largest absolute Gasteiger partial charge is 0.504 e. The van der Waals surface area contributed by atoms with Gasteiger partial charge >= 0.3 is 0 Å². The molecule has 0 saturated carbocycles. The van der Waals surface area contributed by atoms with Crippen molar-refractivity contribution in [2.45, 2.75) is 12.5 Å². The molecule has 0 aliphatic carbocycles. The zero-order chi connectivity index (χ0) is 16.7. The van der Waals surface area contributed by atoms with E-state index in [1.165, 1.54) is 13.2 Å². The molecule has 1 atom stereocenters. The highest BCUT2D eigenvalue weighted by atomic mass is 16.5. The molecule has 0 fully saturated rings. The van der Waals surface area contributed by atoms with E-state index in [1.807, 2.05) is 36.5 Å². The molecule has 4 rings (SSSR count). The quantitative estimate of drug-likeness (QED) is 0.923. The van der Waals surface area contributed by atoms with Gasteiger partial charge in [0, 0.05) is 24.9 Å². The molecule has 120 valence electrons. The van der Waals surface area contributed by atoms with Crippen molar-refractivity contribution in [3.8, 4) is 11.5 Å². The summed E-state index contributed by atoms with van der Waals surface area (Å²) in [5.41, 5.74) is 3.10. The fraction of sp³-hybridized carbons (Fsp3) is 0.158. The van der Waals surface area contributed by atoms with Crippen LogP contribution in [0, 0.1) is 0 Å². The van der Waals surface area contributed by atoms with Crippen LogP contribution in [0.25, 0.3) is 5.57 Å². The van der Waals surface area contributed by atoms with Gasteiger partial charge in [0.2, 0.25) is 0 Å². The molecule has 2 aliphatic heterocycles. The predicted molar refractivity (Wildman–Crippen MR) is 91.8 cm³/mol. The van der Waals surface area contributed by atoms with Crippen LogP contribution in [-0.4, -0.2) is 35.3 Å². The molecular weight excluding hydrogens is 304 g/mol. The number of phenols is 1. The molecule has 0 saturated heterocycles. The Morgan fingerprint density at radius 2 is 2.04 bits per heavy atom. The zero-order valence-electron chi connectivity index (χ0n) is 13.1. The van der Waals surface area contributed by atoms with Gasteiger partial charge in [-0.25, -0.2) is 0 Å². The number of ether oxygens (including phenoxy) is 1. The Hall–Kier alpha value is -3.08. The van der Waals surface area contributed by atoms with Gasteiger partial charge in [0.25, 0.3) is 5.91 Å². The molecule has 1 unspecified atom stereocenters. The molecule has 1 N–H and O–H groups in total. The van der Waals surface area contributed by atoms with E-state index in [4.69, 9.17) is 4.74 Å². The Bertz CT molecular complexity index is 872. The Morgan fingerprint density at radius 1 is 1.25 bits per heavy atom. The third kappa shape index (κ3) is 2.25. The Balaban J connectivity index is 1.76. The molecule has 1 amide bonds. The minimum Gasteiger partial charge on any atom is -0.504 e. The summed E-state index contributed by atoms with van der Waals surface area (Å²) in [5, 5.41) is 9.90. The van der Waals surface area contributed by atoms with Crippen molar-refractivity contribution >= 4 is 23.4 Å². The van der Waals surface area contributed by atoms with Crippen LogP contribution in [-0.2, 0) is 0 Å². The standard InChI is InChI=1S/C19H16N2O3/c1-24-18-8-15-16(9-17(18)22)20-10-14-7-13(11-21(14)19(15)23)12-5-3-2-4-6-12/h2-6,8-11,14,22H,7H2,1H3. The molecule has 24 heavy (non-hydrogen) atoms. The van der Waals surface area contributed by atoms with Crippen LogP contribution < -0.4 is 4.74 Å². The lowest BCUT2D eigenvalue weighted by Gasteiger charge is -2.18. The molecule has 2 aromatic rings. The second kappa shape index (κ2) is 5.53. The number of carbonyl (C=O) groups excluding carboxylic acids is 1. The van der Waals surface area contributed by atoms with Crippen LogP contribution in [0.2, 0.25) is 0 Å². The molecule has 0 radical (unpaired) electrons. The maximum absolute atomic E-state index is 12.9. The highest BCUT2D eigenvalue weighted by molar-refractivity contribution is 6.05. The van der Waals surface area contributed by atoms with Crippen molar-refractivity contribution < 1.29 is 14.6 Å². The molecule has 0 spiro atoms. The lowest BCUT2D eigenvalue weighted by molar-refractivity contribution is 0.0817. The lowest BCUT2D eigenvalue weighted by atomic mass is 10.0. The molecule has 0 aromatic heterocycles. The first-order valence-electron chi connectivity index (χ1n) is 7.71. The van der Waals surface area contributed by atoms with Crippen LogP contribution in [0.4, 0.5) is 5.69 Å². The van der Waals surface area contributed by atoms with Crippen molar-refractivity contribution in [1.82, 2.24) is 4.90 Å². The maximum atomic E-state index is 12.9. The average Bonchev–Trinajstić information content (AvgIpc) is 2.99. The number of aromatic hydroxyl groups is 1. The number of rotatable bonds is 2. The van der Waals surface area contributed by atoms with E-state index >= 15 is 0 Å². The van der Waals surface area contributed by atoms with Gasteiger partial charge < -0.3 is 14.7 Å². The van der Waals surface area contributed by atoms with Gasteiger partial charge in [0.15, 0.2) is 11.5 Å². The third-order valence-electron chi connectivity index (χ3n) is 4.37. The minimum absolute atomic E-state index is 0.0243. The van der Waals surface area contributed by atoms with Crippen molar-refractivity contribution in [2.75, 3.05) is 7.11 Å². The van der Waals surface area contributed by atoms with Gasteiger partial charge in [0.1, 0.15) is 0 Å². The number of nitrogens with zero attached hydrogens (tertiary/aromatic N) is 2. The van der Waals surface area contributed by atoms with Gasteiger partial charge in [-0.3, -0.25) is 9.79 Å². The first-order chi connectivity index (χ1) is 11.7. The number of aliphatic imine (C=N–C) groups is 1. The van der Waals surface area contributed by atoms with Gasteiger partial charge in [-0.2, -0.15) is 0 Å². The van der Waals surface area contributed by atoms with Gasteiger partial charge in [-0.1, -0.05) is 30.3 Å². The van der Waals surface area contributed by atoms with Crippen LogP contribution >= 0.6 is 0 Å². The Labute approximate surface area is 139 Å². The summed E-state index contributed by atoms with van der Waals surface area (Å²) in [4.78, 5) is 19.0. The first kappa shape index (κ1) is 14.5. The molecule has 5 nitrogen and oxygen atoms in total. The van der Waals surface area contributed by atoms with E-state index in [9.17, 15) is 9.90 Å². The molecular formula is C19H16N2O3. The Morgan fingerprint density at radius 3 is 2.79 bits per heavy atom. The topological polar surface area (TPSA) is 62.1 Å². The number of fused-ring (bicyclic) bond motifs is 2. The van der Waals surface area contributed by atoms with Crippen LogP contribution in [0.1, 0.15) is 22.3 Å². The normalized spacial score (nSPS) is 18.7. The van der Waals surface area contributed by atoms with Gasteiger partial charge in [-0.15, -0.1) is 0 Å². The SMILES string of the molecule is COc1cc2c(cc1O)N=CC1CC(c3ccccc3)=CN1C2=O. The van der Waals surface area contributed by atoms with Crippen molar-refractivity contribution in [2.24, 2.45) is 4.99 Å². The number of hydrogen-bond donors (Lipinski definition) is 1. The second-order valence-electron chi connectivity index (χ2n) is 5.82. The van der Waals surface area contributed by atoms with E-state index in [0.717, 1.165) is 17.6 Å². The molecule has 2 aromatic carbocycles. The first-order valence-corrected chi connectivity index (χ1v) is 7.71. The number of methoxy groups -OCH3 is 1. The number of hydrogen-bond acceptors (Lipinski definition) is 4. The summed E-state index contributed by atoms with van der Waals surface area (Å²) in [6.07, 6.45) is 4.38. The zero-order valence-corrected chi connectivity index (χ0v) is 13.1. The maximum Gasteiger partial charge on any atom is 0.260 e. The second-order valence-corrected chi connectivity index (χ2v) is 5.82. The lowest BCUT2D eigenvalue weighted by Crippen LogP contribution is -2.32. The van der Waals surface area contributed by atoms with E-state index in [1.54, 1.807) is 17.2 Å². The Kier molecular flexibility index (Phi) is 3.34. The third-order valence-corrected chi connectivity index (χ3v) is 4.37. The average molecular weight is 320 g/mol. The fourth-order valence-corrected chi connectivity index (χ4v) is 3.12. The van der Waals surface area contributed by atoms with Gasteiger partial charge in [-0.05, 0) is 17.2 Å². The van der Waals surface area contributed by atoms with E-state index in [-0.39, 0.29) is 23.4 Å². The molecule has 2 aliphatic rings. The van der Waals surface area contributed by atoms with Crippen LogP contribution in [0.3, 0.4) is 0 Å². The summed E-state index contributed by atoms with van der Waals surface area (Å²) in [7, 11) is 1.46. The van der Waals surface area contributed by atoms with Crippen LogP contribution in [0.5, 0.6) is 11.5 Å². The summed E-state index contributed by atoms with van der Waals surface area (Å²) in [6.45, 7) is 0. The van der Waals surface area contributed by atoms with E-state index in [2.05, 4.69) is 4.99 Å². The van der Waals surface area contributed by atoms with E-state index < -0.39 is 0 Å². The molecule has 5 heteroatoms. The number of phenolic OH excluding ortho intramolecular Hbond substituents is 1. The monoisotopic (exact) mass is 320 g/mol. The molecule has 0 bridgehead atoms. The van der Waals surface area contributed by atoms with Crippen LogP contribution in [0.15, 0.2) is 53.7 Å².